The van der Waals surface area contributed by atoms with Crippen LogP contribution in [-0.4, -0.2) is 74.9 Å². The molecule has 0 aromatic rings. The molecule has 2 heterocycles. The van der Waals surface area contributed by atoms with Crippen molar-refractivity contribution in [1.29, 1.82) is 0 Å². The second-order valence-electron chi connectivity index (χ2n) is 4.32. The van der Waals surface area contributed by atoms with Crippen LogP contribution in [0.25, 0.3) is 0 Å². The van der Waals surface area contributed by atoms with E-state index in [1.165, 1.54) is 7.11 Å². The van der Waals surface area contributed by atoms with Crippen molar-refractivity contribution >= 4 is 5.97 Å². The molecule has 0 aromatic heterocycles. The van der Waals surface area contributed by atoms with Crippen LogP contribution in [0.15, 0.2) is 0 Å². The predicted octanol–water partition coefficient (Wildman–Crippen LogP) is -0.434. The highest BCUT2D eigenvalue weighted by molar-refractivity contribution is 5.76. The fourth-order valence-corrected chi connectivity index (χ4v) is 2.21. The summed E-state index contributed by atoms with van der Waals surface area (Å²) in [5.41, 5.74) is 0. The monoisotopic (exact) mass is 228 g/mol. The van der Waals surface area contributed by atoms with Crippen LogP contribution in [0.4, 0.5) is 0 Å². The van der Waals surface area contributed by atoms with Crippen LogP contribution in [-0.2, 0) is 14.3 Å². The fraction of sp³-hybridized carbons (Fsp3) is 0.909. The molecule has 0 aromatic carbocycles. The number of rotatable bonds is 4. The molecule has 2 aliphatic heterocycles. The molecule has 2 saturated heterocycles. The molecule has 0 radical (unpaired) electrons. The maximum atomic E-state index is 11.4. The van der Waals surface area contributed by atoms with Crippen LogP contribution in [0.3, 0.4) is 0 Å². The Morgan fingerprint density at radius 2 is 2.06 bits per heavy atom. The minimum Gasteiger partial charge on any atom is -0.468 e. The van der Waals surface area contributed by atoms with Gasteiger partial charge in [0.15, 0.2) is 0 Å². The summed E-state index contributed by atoms with van der Waals surface area (Å²) < 4.78 is 10.1. The molecule has 0 amide bonds. The van der Waals surface area contributed by atoms with Crippen molar-refractivity contribution in [2.45, 2.75) is 12.5 Å². The number of likely N-dealkylation sites (tertiary alicyclic amines) is 1. The summed E-state index contributed by atoms with van der Waals surface area (Å²) in [6.45, 7) is 6.69. The first-order chi connectivity index (χ1) is 7.81. The van der Waals surface area contributed by atoms with Gasteiger partial charge < -0.3 is 9.47 Å². The lowest BCUT2D eigenvalue weighted by Gasteiger charge is -2.40. The van der Waals surface area contributed by atoms with E-state index in [4.69, 9.17) is 9.47 Å². The number of esters is 1. The summed E-state index contributed by atoms with van der Waals surface area (Å²) in [6.07, 6.45) is 0.940. The first kappa shape index (κ1) is 11.8. The molecule has 0 saturated carbocycles. The first-order valence-electron chi connectivity index (χ1n) is 5.93. The van der Waals surface area contributed by atoms with Gasteiger partial charge in [0, 0.05) is 32.7 Å². The van der Waals surface area contributed by atoms with Crippen LogP contribution < -0.4 is 0 Å². The summed E-state index contributed by atoms with van der Waals surface area (Å²) in [6, 6.07) is 0.00559. The third kappa shape index (κ3) is 2.72. The lowest BCUT2D eigenvalue weighted by atomic mass is 10.0. The normalized spacial score (nSPS) is 27.4. The van der Waals surface area contributed by atoms with Crippen molar-refractivity contribution in [2.75, 3.05) is 53.0 Å². The molecule has 5 heteroatoms. The molecule has 0 aliphatic carbocycles. The van der Waals surface area contributed by atoms with E-state index in [-0.39, 0.29) is 12.0 Å². The summed E-state index contributed by atoms with van der Waals surface area (Å²) in [7, 11) is 1.46. The van der Waals surface area contributed by atoms with Gasteiger partial charge in [-0.15, -0.1) is 0 Å². The number of hydrogen-bond donors (Lipinski definition) is 0. The maximum Gasteiger partial charge on any atom is 0.323 e. The van der Waals surface area contributed by atoms with Crippen LogP contribution >= 0.6 is 0 Å². The lowest BCUT2D eigenvalue weighted by Crippen LogP contribution is -2.55. The molecule has 1 atom stereocenters. The van der Waals surface area contributed by atoms with E-state index >= 15 is 0 Å². The van der Waals surface area contributed by atoms with Crippen LogP contribution in [0.2, 0.25) is 0 Å². The van der Waals surface area contributed by atoms with E-state index in [0.29, 0.717) is 0 Å². The Morgan fingerprint density at radius 1 is 1.31 bits per heavy atom. The van der Waals surface area contributed by atoms with Gasteiger partial charge in [-0.25, -0.2) is 0 Å². The zero-order valence-electron chi connectivity index (χ0n) is 9.85. The Hall–Kier alpha value is -0.650. The number of carbonyl (C=O) groups excluding carboxylic acids is 1. The Balaban J connectivity index is 1.67. The van der Waals surface area contributed by atoms with Gasteiger partial charge in [-0.3, -0.25) is 14.6 Å². The highest BCUT2D eigenvalue weighted by Crippen LogP contribution is 2.17. The smallest absolute Gasteiger partial charge is 0.323 e. The van der Waals surface area contributed by atoms with Gasteiger partial charge in [0.1, 0.15) is 6.04 Å². The Kier molecular flexibility index (Phi) is 4.15. The number of morpholine rings is 1. The molecule has 0 N–H and O–H groups in total. The zero-order valence-corrected chi connectivity index (χ0v) is 9.85. The van der Waals surface area contributed by atoms with E-state index in [1.54, 1.807) is 0 Å². The second-order valence-corrected chi connectivity index (χ2v) is 4.32. The van der Waals surface area contributed by atoms with Crippen molar-refractivity contribution in [3.63, 3.8) is 0 Å². The molecular weight excluding hydrogens is 208 g/mol. The van der Waals surface area contributed by atoms with E-state index in [9.17, 15) is 4.79 Å². The van der Waals surface area contributed by atoms with Crippen molar-refractivity contribution in [3.05, 3.63) is 0 Å². The van der Waals surface area contributed by atoms with Gasteiger partial charge in [0.05, 0.1) is 20.3 Å². The minimum absolute atomic E-state index is 0.00559. The molecule has 0 bridgehead atoms. The molecule has 5 nitrogen and oxygen atoms in total. The Morgan fingerprint density at radius 3 is 2.62 bits per heavy atom. The first-order valence-corrected chi connectivity index (χ1v) is 5.93. The predicted molar refractivity (Wildman–Crippen MR) is 59.3 cm³/mol. The van der Waals surface area contributed by atoms with E-state index < -0.39 is 0 Å². The highest BCUT2D eigenvalue weighted by atomic mass is 16.5. The molecule has 2 fully saturated rings. The van der Waals surface area contributed by atoms with Gasteiger partial charge in [-0.05, 0) is 6.42 Å². The SMILES string of the molecule is COC(=O)C1CCN1CCN1CCOCC1. The van der Waals surface area contributed by atoms with Crippen molar-refractivity contribution < 1.29 is 14.3 Å². The highest BCUT2D eigenvalue weighted by Gasteiger charge is 2.34. The Labute approximate surface area is 96.3 Å². The standard InChI is InChI=1S/C11H20N2O3/c1-15-11(14)10-2-3-13(10)5-4-12-6-8-16-9-7-12/h10H,2-9H2,1H3. The largest absolute Gasteiger partial charge is 0.468 e. The van der Waals surface area contributed by atoms with E-state index in [2.05, 4.69) is 9.80 Å². The van der Waals surface area contributed by atoms with Gasteiger partial charge in [-0.2, -0.15) is 0 Å². The third-order valence-corrected chi connectivity index (χ3v) is 3.41. The average molecular weight is 228 g/mol. The molecule has 2 rings (SSSR count). The number of hydrogen-bond acceptors (Lipinski definition) is 5. The molecule has 2 aliphatic rings. The summed E-state index contributed by atoms with van der Waals surface area (Å²) in [5, 5.41) is 0. The van der Waals surface area contributed by atoms with Crippen molar-refractivity contribution in [1.82, 2.24) is 9.80 Å². The van der Waals surface area contributed by atoms with Crippen LogP contribution in [0, 0.1) is 0 Å². The van der Waals surface area contributed by atoms with Gasteiger partial charge >= 0.3 is 5.97 Å². The maximum absolute atomic E-state index is 11.4. The van der Waals surface area contributed by atoms with E-state index in [0.717, 1.165) is 52.4 Å². The number of nitrogens with zero attached hydrogens (tertiary/aromatic N) is 2. The van der Waals surface area contributed by atoms with Gasteiger partial charge in [0.2, 0.25) is 0 Å². The average Bonchev–Trinajstić information content (AvgIpc) is 2.29. The lowest BCUT2D eigenvalue weighted by molar-refractivity contribution is -0.152. The molecular formula is C11H20N2O3. The van der Waals surface area contributed by atoms with Gasteiger partial charge in [-0.1, -0.05) is 0 Å². The summed E-state index contributed by atoms with van der Waals surface area (Å²) in [4.78, 5) is 15.9. The summed E-state index contributed by atoms with van der Waals surface area (Å²) in [5.74, 6) is -0.0896. The van der Waals surface area contributed by atoms with Crippen LogP contribution in [0.1, 0.15) is 6.42 Å². The topological polar surface area (TPSA) is 42.0 Å². The fourth-order valence-electron chi connectivity index (χ4n) is 2.21. The molecule has 92 valence electrons. The quantitative estimate of drug-likeness (QED) is 0.611. The summed E-state index contributed by atoms with van der Waals surface area (Å²) >= 11 is 0. The molecule has 16 heavy (non-hydrogen) atoms. The number of ether oxygens (including phenoxy) is 2. The van der Waals surface area contributed by atoms with Crippen molar-refractivity contribution in [2.24, 2.45) is 0 Å². The number of carbonyl (C=O) groups is 1. The third-order valence-electron chi connectivity index (χ3n) is 3.41. The molecule has 1 unspecified atom stereocenters. The van der Waals surface area contributed by atoms with Crippen LogP contribution in [0.5, 0.6) is 0 Å². The molecule has 0 spiro atoms. The second kappa shape index (κ2) is 5.61. The zero-order chi connectivity index (χ0) is 11.4. The number of methoxy groups -OCH3 is 1. The van der Waals surface area contributed by atoms with Crippen molar-refractivity contribution in [3.8, 4) is 0 Å². The van der Waals surface area contributed by atoms with Gasteiger partial charge in [0.25, 0.3) is 0 Å². The van der Waals surface area contributed by atoms with E-state index in [1.807, 2.05) is 0 Å². The minimum atomic E-state index is -0.0896. The Bertz CT molecular complexity index is 241.